The maximum absolute atomic E-state index is 12.1. The fourth-order valence-electron chi connectivity index (χ4n) is 2.66. The van der Waals surface area contributed by atoms with E-state index in [2.05, 4.69) is 26.2 Å². The SMILES string of the molecule is O=C(COc1ccccc1Br)NC(Cc1c[nH]c2ccccc12)C(=O)O. The molecule has 7 heteroatoms. The summed E-state index contributed by atoms with van der Waals surface area (Å²) in [6.45, 7) is -0.264. The minimum atomic E-state index is -1.09. The van der Waals surface area contributed by atoms with Gasteiger partial charge in [-0.15, -0.1) is 0 Å². The highest BCUT2D eigenvalue weighted by Crippen LogP contribution is 2.23. The van der Waals surface area contributed by atoms with Crippen LogP contribution in [0.3, 0.4) is 0 Å². The summed E-state index contributed by atoms with van der Waals surface area (Å²) in [5.74, 6) is -1.07. The van der Waals surface area contributed by atoms with Crippen molar-refractivity contribution in [3.05, 3.63) is 64.8 Å². The van der Waals surface area contributed by atoms with Gasteiger partial charge in [0.2, 0.25) is 0 Å². The Balaban J connectivity index is 1.64. The maximum Gasteiger partial charge on any atom is 0.326 e. The lowest BCUT2D eigenvalue weighted by atomic mass is 10.1. The Morgan fingerprint density at radius 2 is 1.88 bits per heavy atom. The number of H-pyrrole nitrogens is 1. The van der Waals surface area contributed by atoms with E-state index in [0.717, 1.165) is 20.9 Å². The first-order chi connectivity index (χ1) is 12.5. The van der Waals surface area contributed by atoms with Crippen molar-refractivity contribution in [3.63, 3.8) is 0 Å². The third-order valence-corrected chi connectivity index (χ3v) is 4.58. The van der Waals surface area contributed by atoms with Crippen LogP contribution in [0.1, 0.15) is 5.56 Å². The molecule has 6 nitrogen and oxygen atoms in total. The molecule has 0 fully saturated rings. The Morgan fingerprint density at radius 3 is 2.65 bits per heavy atom. The first-order valence-corrected chi connectivity index (χ1v) is 8.78. The molecule has 0 aliphatic carbocycles. The van der Waals surface area contributed by atoms with Gasteiger partial charge in [0.25, 0.3) is 5.91 Å². The van der Waals surface area contributed by atoms with Gasteiger partial charge in [-0.2, -0.15) is 0 Å². The number of rotatable bonds is 7. The van der Waals surface area contributed by atoms with Crippen molar-refractivity contribution in [1.29, 1.82) is 0 Å². The van der Waals surface area contributed by atoms with Crippen LogP contribution >= 0.6 is 15.9 Å². The molecule has 1 aromatic heterocycles. The Hall–Kier alpha value is -2.80. The molecule has 3 aromatic rings. The van der Waals surface area contributed by atoms with E-state index in [1.807, 2.05) is 30.3 Å². The second kappa shape index (κ2) is 8.05. The third kappa shape index (κ3) is 4.23. The van der Waals surface area contributed by atoms with Crippen LogP contribution in [0.15, 0.2) is 59.2 Å². The quantitative estimate of drug-likeness (QED) is 0.551. The molecule has 1 atom stereocenters. The van der Waals surface area contributed by atoms with E-state index in [9.17, 15) is 14.7 Å². The normalized spacial score (nSPS) is 11.9. The lowest BCUT2D eigenvalue weighted by Gasteiger charge is -2.15. The number of hydrogen-bond acceptors (Lipinski definition) is 3. The van der Waals surface area contributed by atoms with Gasteiger partial charge in [0.15, 0.2) is 6.61 Å². The molecule has 2 aromatic carbocycles. The predicted octanol–water partition coefficient (Wildman–Crippen LogP) is 3.12. The molecule has 0 bridgehead atoms. The molecule has 0 aliphatic rings. The van der Waals surface area contributed by atoms with Crippen molar-refractivity contribution in [3.8, 4) is 5.75 Å². The maximum atomic E-state index is 12.1. The topological polar surface area (TPSA) is 91.4 Å². The zero-order valence-electron chi connectivity index (χ0n) is 13.7. The van der Waals surface area contributed by atoms with Crippen molar-refractivity contribution in [2.45, 2.75) is 12.5 Å². The second-order valence-corrected chi connectivity index (χ2v) is 6.60. The van der Waals surface area contributed by atoms with Crippen molar-refractivity contribution in [1.82, 2.24) is 10.3 Å². The zero-order chi connectivity index (χ0) is 18.5. The number of benzene rings is 2. The second-order valence-electron chi connectivity index (χ2n) is 5.74. The Bertz CT molecular complexity index is 938. The zero-order valence-corrected chi connectivity index (χ0v) is 15.3. The van der Waals surface area contributed by atoms with Gasteiger partial charge in [-0.1, -0.05) is 30.3 Å². The number of carbonyl (C=O) groups excluding carboxylic acids is 1. The largest absolute Gasteiger partial charge is 0.483 e. The molecule has 3 N–H and O–H groups in total. The van der Waals surface area contributed by atoms with Gasteiger partial charge in [-0.05, 0) is 39.7 Å². The number of fused-ring (bicyclic) bond motifs is 1. The highest BCUT2D eigenvalue weighted by atomic mass is 79.9. The summed E-state index contributed by atoms with van der Waals surface area (Å²) in [6.07, 6.45) is 1.95. The molecular weight excluding hydrogens is 400 g/mol. The van der Waals surface area contributed by atoms with Gasteiger partial charge in [0, 0.05) is 23.5 Å². The van der Waals surface area contributed by atoms with Crippen LogP contribution in [0.25, 0.3) is 10.9 Å². The van der Waals surface area contributed by atoms with E-state index in [1.165, 1.54) is 0 Å². The van der Waals surface area contributed by atoms with E-state index in [0.29, 0.717) is 5.75 Å². The van der Waals surface area contributed by atoms with Crippen LogP contribution in [0, 0.1) is 0 Å². The van der Waals surface area contributed by atoms with Gasteiger partial charge >= 0.3 is 5.97 Å². The average molecular weight is 417 g/mol. The van der Waals surface area contributed by atoms with Gasteiger partial charge < -0.3 is 20.1 Å². The summed E-state index contributed by atoms with van der Waals surface area (Å²) in [5, 5.41) is 12.9. The third-order valence-electron chi connectivity index (χ3n) is 3.93. The van der Waals surface area contributed by atoms with Crippen LogP contribution in [0.2, 0.25) is 0 Å². The number of aromatic nitrogens is 1. The molecule has 0 spiro atoms. The number of amides is 1. The first-order valence-electron chi connectivity index (χ1n) is 7.99. The molecule has 3 rings (SSSR count). The van der Waals surface area contributed by atoms with Crippen molar-refractivity contribution < 1.29 is 19.4 Å². The summed E-state index contributed by atoms with van der Waals surface area (Å²) in [7, 11) is 0. The summed E-state index contributed by atoms with van der Waals surface area (Å²) in [4.78, 5) is 26.8. The Morgan fingerprint density at radius 1 is 1.15 bits per heavy atom. The Labute approximate surface area is 158 Å². The lowest BCUT2D eigenvalue weighted by Crippen LogP contribution is -2.44. The van der Waals surface area contributed by atoms with Crippen LogP contribution in [0.5, 0.6) is 5.75 Å². The van der Waals surface area contributed by atoms with Crippen LogP contribution in [0.4, 0.5) is 0 Å². The fourth-order valence-corrected chi connectivity index (χ4v) is 3.06. The monoisotopic (exact) mass is 416 g/mol. The number of aliphatic carboxylic acids is 1. The molecule has 0 saturated carbocycles. The van der Waals surface area contributed by atoms with Crippen molar-refractivity contribution in [2.75, 3.05) is 6.61 Å². The standard InChI is InChI=1S/C19H17BrN2O4/c20-14-6-2-4-8-17(14)26-11-18(23)22-16(19(24)25)9-12-10-21-15-7-3-1-5-13(12)15/h1-8,10,16,21H,9,11H2,(H,22,23)(H,24,25). The van der Waals surface area contributed by atoms with E-state index in [1.54, 1.807) is 24.4 Å². The van der Waals surface area contributed by atoms with Crippen LogP contribution < -0.4 is 10.1 Å². The minimum absolute atomic E-state index is 0.181. The lowest BCUT2D eigenvalue weighted by molar-refractivity contribution is -0.142. The molecule has 26 heavy (non-hydrogen) atoms. The number of para-hydroxylation sites is 2. The highest BCUT2D eigenvalue weighted by Gasteiger charge is 2.22. The number of aromatic amines is 1. The summed E-state index contributed by atoms with van der Waals surface area (Å²) >= 11 is 3.33. The number of halogens is 1. The first kappa shape index (κ1) is 18.0. The molecule has 1 amide bonds. The van der Waals surface area contributed by atoms with Crippen LogP contribution in [-0.2, 0) is 16.0 Å². The number of nitrogens with one attached hydrogen (secondary N) is 2. The summed E-state index contributed by atoms with van der Waals surface area (Å²) in [6, 6.07) is 13.7. The Kier molecular flexibility index (Phi) is 5.58. The number of carbonyl (C=O) groups is 2. The van der Waals surface area contributed by atoms with Crippen molar-refractivity contribution >= 4 is 38.7 Å². The van der Waals surface area contributed by atoms with E-state index < -0.39 is 17.9 Å². The number of carboxylic acid groups (broad SMARTS) is 1. The summed E-state index contributed by atoms with van der Waals surface area (Å²) < 4.78 is 6.15. The molecule has 134 valence electrons. The summed E-state index contributed by atoms with van der Waals surface area (Å²) in [5.41, 5.74) is 1.76. The van der Waals surface area contributed by atoms with Crippen LogP contribution in [-0.4, -0.2) is 34.6 Å². The minimum Gasteiger partial charge on any atom is -0.483 e. The number of ether oxygens (including phenoxy) is 1. The number of hydrogen-bond donors (Lipinski definition) is 3. The highest BCUT2D eigenvalue weighted by molar-refractivity contribution is 9.10. The van der Waals surface area contributed by atoms with Gasteiger partial charge in [0.05, 0.1) is 4.47 Å². The predicted molar refractivity (Wildman–Crippen MR) is 101 cm³/mol. The van der Waals surface area contributed by atoms with E-state index in [-0.39, 0.29) is 13.0 Å². The average Bonchev–Trinajstić information content (AvgIpc) is 3.03. The van der Waals surface area contributed by atoms with E-state index >= 15 is 0 Å². The van der Waals surface area contributed by atoms with Gasteiger partial charge in [0.1, 0.15) is 11.8 Å². The molecular formula is C19H17BrN2O4. The smallest absolute Gasteiger partial charge is 0.326 e. The van der Waals surface area contributed by atoms with Crippen molar-refractivity contribution in [2.24, 2.45) is 0 Å². The fraction of sp³-hybridized carbons (Fsp3) is 0.158. The van der Waals surface area contributed by atoms with Gasteiger partial charge in [-0.3, -0.25) is 4.79 Å². The molecule has 0 saturated heterocycles. The molecule has 0 aliphatic heterocycles. The van der Waals surface area contributed by atoms with Gasteiger partial charge in [-0.25, -0.2) is 4.79 Å². The number of carboxylic acids is 1. The van der Waals surface area contributed by atoms with E-state index in [4.69, 9.17) is 4.74 Å². The molecule has 1 unspecified atom stereocenters. The molecule has 0 radical (unpaired) electrons. The molecule has 1 heterocycles.